The average Bonchev–Trinajstić information content (AvgIpc) is 2.04. The Hall–Kier alpha value is -1.10. The lowest BCUT2D eigenvalue weighted by molar-refractivity contribution is -0.262. The predicted molar refractivity (Wildman–Crippen MR) is 42.1 cm³/mol. The lowest BCUT2D eigenvalue weighted by Gasteiger charge is -1.98. The second-order valence-corrected chi connectivity index (χ2v) is 2.48. The fourth-order valence-electron chi connectivity index (χ4n) is 0.742. The first-order chi connectivity index (χ1) is 5.61. The van der Waals surface area contributed by atoms with Gasteiger partial charge in [-0.15, -0.1) is 0 Å². The van der Waals surface area contributed by atoms with Gasteiger partial charge in [-0.05, 0) is 12.1 Å². The topological polar surface area (TPSA) is 20.1 Å². The molecule has 0 aliphatic heterocycles. The van der Waals surface area contributed by atoms with Gasteiger partial charge in [0, 0.05) is 22.6 Å². The number of halogens is 2. The van der Waals surface area contributed by atoms with Crippen molar-refractivity contribution in [2.24, 2.45) is 0 Å². The normalized spacial score (nSPS) is 10.2. The van der Waals surface area contributed by atoms with E-state index in [1.807, 2.05) is 0 Å². The molecule has 2 nitrogen and oxygen atoms in total. The van der Waals surface area contributed by atoms with E-state index >= 15 is 0 Å². The predicted octanol–water partition coefficient (Wildman–Crippen LogP) is 2.50. The Morgan fingerprint density at radius 1 is 1.25 bits per heavy atom. The molecular weight excluding hydrogens is 184 g/mol. The van der Waals surface area contributed by atoms with Crippen LogP contribution >= 0.6 is 0 Å². The van der Waals surface area contributed by atoms with Gasteiger partial charge in [-0.3, -0.25) is 0 Å². The fourth-order valence-corrected chi connectivity index (χ4v) is 0.863. The van der Waals surface area contributed by atoms with Crippen LogP contribution in [0.3, 0.4) is 0 Å². The average molecular weight is 189 g/mol. The summed E-state index contributed by atoms with van der Waals surface area (Å²) < 4.78 is 24.2. The number of rotatable bonds is 2. The van der Waals surface area contributed by atoms with E-state index in [4.69, 9.17) is 0 Å². The quantitative estimate of drug-likeness (QED) is 0.526. The molecular formula is C7H5F2NOS. The second kappa shape index (κ2) is 3.53. The van der Waals surface area contributed by atoms with Gasteiger partial charge in [0.1, 0.15) is 0 Å². The zero-order chi connectivity index (χ0) is 9.14. The first-order valence-corrected chi connectivity index (χ1v) is 3.50. The molecule has 64 valence electrons. The van der Waals surface area contributed by atoms with Crippen molar-refractivity contribution in [3.8, 4) is 0 Å². The van der Waals surface area contributed by atoms with Crippen LogP contribution in [0, 0.1) is 4.91 Å². The van der Waals surface area contributed by atoms with Gasteiger partial charge in [0.15, 0.2) is 0 Å². The van der Waals surface area contributed by atoms with Gasteiger partial charge in [-0.1, -0.05) is 4.17 Å². The Balaban J connectivity index is 2.93. The van der Waals surface area contributed by atoms with Crippen LogP contribution in [-0.4, -0.2) is 4.17 Å². The third-order valence-electron chi connectivity index (χ3n) is 1.36. The fraction of sp³-hybridized carbons (Fsp3) is 0.143. The summed E-state index contributed by atoms with van der Waals surface area (Å²) in [6.07, 6.45) is -2.51. The van der Waals surface area contributed by atoms with E-state index in [9.17, 15) is 13.7 Å². The number of hydrogen-bond acceptors (Lipinski definition) is 2. The zero-order valence-electron chi connectivity index (χ0n) is 5.91. The Labute approximate surface area is 73.3 Å². The highest BCUT2D eigenvalue weighted by Crippen LogP contribution is 2.20. The molecule has 0 amide bonds. The highest BCUT2D eigenvalue weighted by atomic mass is 32.1. The van der Waals surface area contributed by atoms with E-state index in [-0.39, 0.29) is 15.4 Å². The molecule has 0 aromatic heterocycles. The highest BCUT2D eigenvalue weighted by molar-refractivity contribution is 7.51. The molecule has 0 saturated carbocycles. The van der Waals surface area contributed by atoms with Gasteiger partial charge < -0.3 is 12.8 Å². The Kier molecular flexibility index (Phi) is 2.65. The van der Waals surface area contributed by atoms with E-state index in [1.165, 1.54) is 24.3 Å². The molecule has 5 heteroatoms. The van der Waals surface area contributed by atoms with Crippen LogP contribution in [0.2, 0.25) is 0 Å². The molecule has 0 heterocycles. The zero-order valence-corrected chi connectivity index (χ0v) is 6.72. The van der Waals surface area contributed by atoms with E-state index in [1.54, 1.807) is 0 Å². The molecule has 0 spiro atoms. The Morgan fingerprint density at radius 2 is 1.75 bits per heavy atom. The summed E-state index contributed by atoms with van der Waals surface area (Å²) in [5, 5.41) is 0. The van der Waals surface area contributed by atoms with Crippen molar-refractivity contribution < 1.29 is 12.9 Å². The number of nitroso groups, excluding NO2 is 1. The number of nitrogens with zero attached hydrogens (tertiary/aromatic N) is 1. The summed E-state index contributed by atoms with van der Waals surface area (Å²) in [4.78, 5) is 10.5. The summed E-state index contributed by atoms with van der Waals surface area (Å²) in [6.45, 7) is 0. The van der Waals surface area contributed by atoms with E-state index in [2.05, 4.69) is 12.8 Å². The van der Waals surface area contributed by atoms with Crippen molar-refractivity contribution in [1.82, 2.24) is 0 Å². The van der Waals surface area contributed by atoms with Gasteiger partial charge >= 0.3 is 0 Å². The molecule has 0 bridgehead atoms. The molecule has 1 aromatic carbocycles. The largest absolute Gasteiger partial charge is 0.364 e. The van der Waals surface area contributed by atoms with E-state index in [0.717, 1.165) is 0 Å². The van der Waals surface area contributed by atoms with Crippen LogP contribution < -0.4 is 0 Å². The molecule has 0 fully saturated rings. The molecule has 0 aliphatic carbocycles. The minimum absolute atomic E-state index is 0.115. The molecule has 0 N–H and O–H groups in total. The molecule has 0 atom stereocenters. The van der Waals surface area contributed by atoms with Gasteiger partial charge in [0.25, 0.3) is 6.43 Å². The standard InChI is InChI=1S/C7H5F2NOS/c8-7(9)5-1-3-6(4-2-5)10(11)12/h1-4,7H. The van der Waals surface area contributed by atoms with Crippen LogP contribution in [0.4, 0.5) is 14.5 Å². The van der Waals surface area contributed by atoms with Crippen LogP contribution in [0.1, 0.15) is 12.0 Å². The summed E-state index contributed by atoms with van der Waals surface area (Å²) in [5.74, 6) is 0. The van der Waals surface area contributed by atoms with Gasteiger partial charge in [0.2, 0.25) is 5.69 Å². The van der Waals surface area contributed by atoms with E-state index in [0.29, 0.717) is 0 Å². The molecule has 1 rings (SSSR count). The minimum atomic E-state index is -2.51. The van der Waals surface area contributed by atoms with Crippen molar-refractivity contribution in [3.63, 3.8) is 0 Å². The third kappa shape index (κ3) is 1.94. The Morgan fingerprint density at radius 3 is 2.08 bits per heavy atom. The lowest BCUT2D eigenvalue weighted by atomic mass is 10.2. The molecule has 0 unspecified atom stereocenters. The molecule has 0 radical (unpaired) electrons. The molecule has 0 saturated heterocycles. The first kappa shape index (κ1) is 8.99. The van der Waals surface area contributed by atoms with Crippen molar-refractivity contribution in [2.45, 2.75) is 6.43 Å². The summed E-state index contributed by atoms with van der Waals surface area (Å²) >= 11 is 4.24. The maximum Gasteiger partial charge on any atom is 0.263 e. The van der Waals surface area contributed by atoms with Crippen LogP contribution in [0.25, 0.3) is 0 Å². The van der Waals surface area contributed by atoms with Gasteiger partial charge in [-0.25, -0.2) is 8.78 Å². The smallest absolute Gasteiger partial charge is 0.263 e. The number of alkyl halides is 2. The summed E-state index contributed by atoms with van der Waals surface area (Å²) in [6, 6.07) is 4.89. The maximum absolute atomic E-state index is 12.0. The highest BCUT2D eigenvalue weighted by Gasteiger charge is 2.08. The summed E-state index contributed by atoms with van der Waals surface area (Å²) in [7, 11) is 0. The number of hydrogen-bond donors (Lipinski definition) is 0. The van der Waals surface area contributed by atoms with Crippen molar-refractivity contribution >= 4 is 18.5 Å². The molecule has 12 heavy (non-hydrogen) atoms. The second-order valence-electron chi connectivity index (χ2n) is 2.15. The van der Waals surface area contributed by atoms with Crippen molar-refractivity contribution in [1.29, 1.82) is 0 Å². The minimum Gasteiger partial charge on any atom is -0.364 e. The lowest BCUT2D eigenvalue weighted by Crippen LogP contribution is -1.89. The van der Waals surface area contributed by atoms with Crippen LogP contribution in [-0.2, 0) is 12.8 Å². The molecule has 0 aliphatic rings. The van der Waals surface area contributed by atoms with Gasteiger partial charge in [-0.2, -0.15) is 0 Å². The SMILES string of the molecule is O=[N+]([S-])c1ccc(C(F)F)cc1. The van der Waals surface area contributed by atoms with Crippen LogP contribution in [0.15, 0.2) is 24.3 Å². The van der Waals surface area contributed by atoms with Gasteiger partial charge in [0.05, 0.1) is 0 Å². The Bertz CT molecular complexity index is 286. The maximum atomic E-state index is 12.0. The monoisotopic (exact) mass is 189 g/mol. The summed E-state index contributed by atoms with van der Waals surface area (Å²) in [5.41, 5.74) is 0.0741. The number of benzene rings is 1. The molecule has 1 aromatic rings. The first-order valence-electron chi connectivity index (χ1n) is 3.14. The van der Waals surface area contributed by atoms with Crippen molar-refractivity contribution in [3.05, 3.63) is 34.7 Å². The van der Waals surface area contributed by atoms with Crippen LogP contribution in [0.5, 0.6) is 0 Å². The third-order valence-corrected chi connectivity index (χ3v) is 1.57. The van der Waals surface area contributed by atoms with E-state index < -0.39 is 6.43 Å². The van der Waals surface area contributed by atoms with Crippen molar-refractivity contribution in [2.75, 3.05) is 0 Å².